The van der Waals surface area contributed by atoms with Gasteiger partial charge in [0.1, 0.15) is 12.6 Å². The molecule has 0 aliphatic carbocycles. The van der Waals surface area contributed by atoms with Crippen LogP contribution in [0.25, 0.3) is 11.1 Å². The number of hydrogen-bond acceptors (Lipinski definition) is 5. The number of urea groups is 1. The Balaban J connectivity index is 0.00000237. The first-order valence-electron chi connectivity index (χ1n) is 12.5. The number of rotatable bonds is 9. The lowest BCUT2D eigenvalue weighted by Gasteiger charge is -2.12. The second kappa shape index (κ2) is 14.4. The molecular weight excluding hydrogens is 551 g/mol. The maximum absolute atomic E-state index is 12.8. The summed E-state index contributed by atoms with van der Waals surface area (Å²) >= 11 is 0. The highest BCUT2D eigenvalue weighted by molar-refractivity contribution is 5.99. The first-order valence-corrected chi connectivity index (χ1v) is 12.5. The van der Waals surface area contributed by atoms with Gasteiger partial charge in [0.2, 0.25) is 0 Å². The molecule has 216 valence electrons. The molecule has 0 bridgehead atoms. The number of carboxylic acids is 1. The molecule has 0 saturated carbocycles. The summed E-state index contributed by atoms with van der Waals surface area (Å²) in [5.74, 6) is -1.92. The molecule has 42 heavy (non-hydrogen) atoms. The molecule has 0 saturated heterocycles. The number of ketones is 1. The second-order valence-electron chi connectivity index (χ2n) is 9.02. The van der Waals surface area contributed by atoms with Crippen molar-refractivity contribution in [1.82, 2.24) is 4.98 Å². The predicted molar refractivity (Wildman–Crippen MR) is 151 cm³/mol. The van der Waals surface area contributed by atoms with Gasteiger partial charge in [-0.1, -0.05) is 54.6 Å². The van der Waals surface area contributed by atoms with Crippen LogP contribution >= 0.6 is 0 Å². The molecule has 0 aliphatic heterocycles. The molecule has 0 spiro atoms. The summed E-state index contributed by atoms with van der Waals surface area (Å²) in [6.07, 6.45) is -2.81. The van der Waals surface area contributed by atoms with Crippen molar-refractivity contribution in [3.63, 3.8) is 0 Å². The Bertz CT molecular complexity index is 1490. The Hall–Kier alpha value is -5.32. The highest BCUT2D eigenvalue weighted by Crippen LogP contribution is 2.30. The lowest BCUT2D eigenvalue weighted by atomic mass is 9.92. The number of Topliss-reactive ketones (excluding diaryl/α,β-unsaturated/α-hetero) is 1. The quantitative estimate of drug-likeness (QED) is 0.189. The number of halogens is 3. The average molecular weight is 578 g/mol. The van der Waals surface area contributed by atoms with Crippen molar-refractivity contribution in [2.45, 2.75) is 19.0 Å². The normalized spacial score (nSPS) is 11.4. The molecule has 0 radical (unpaired) electrons. The fraction of sp³-hybridized carbons (Fsp3) is 0.129. The summed E-state index contributed by atoms with van der Waals surface area (Å²) in [4.78, 5) is 48.9. The third-order valence-electron chi connectivity index (χ3n) is 6.12. The first kappa shape index (κ1) is 31.2. The van der Waals surface area contributed by atoms with Crippen LogP contribution in [0, 0.1) is 5.92 Å². The molecule has 2 amide bonds. The Labute approximate surface area is 239 Å². The monoisotopic (exact) mass is 577 g/mol. The minimum Gasteiger partial charge on any atom is -0.481 e. The lowest BCUT2D eigenvalue weighted by Crippen LogP contribution is -2.20. The molecule has 4 rings (SSSR count). The van der Waals surface area contributed by atoms with Crippen molar-refractivity contribution >= 4 is 36.1 Å². The van der Waals surface area contributed by atoms with E-state index in [1.807, 2.05) is 37.1 Å². The van der Waals surface area contributed by atoms with Crippen LogP contribution < -0.4 is 10.6 Å². The molecule has 11 heteroatoms. The van der Waals surface area contributed by atoms with Gasteiger partial charge in [-0.2, -0.15) is 13.2 Å². The number of aromatic nitrogens is 1. The zero-order valence-electron chi connectivity index (χ0n) is 22.1. The highest BCUT2D eigenvalue weighted by Gasteiger charge is 2.30. The van der Waals surface area contributed by atoms with Gasteiger partial charge in [0, 0.05) is 29.4 Å². The third kappa shape index (κ3) is 8.85. The van der Waals surface area contributed by atoms with E-state index in [9.17, 15) is 32.7 Å². The molecule has 1 aromatic heterocycles. The van der Waals surface area contributed by atoms with Crippen LogP contribution in [0.2, 0.25) is 0 Å². The van der Waals surface area contributed by atoms with Crippen LogP contribution in [0.4, 0.5) is 29.5 Å². The van der Waals surface area contributed by atoms with Crippen LogP contribution in [-0.2, 0) is 22.2 Å². The predicted octanol–water partition coefficient (Wildman–Crippen LogP) is 6.74. The van der Waals surface area contributed by atoms with Crippen molar-refractivity contribution in [3.05, 3.63) is 114 Å². The number of pyridine rings is 1. The topological polar surface area (TPSA) is 125 Å². The minimum absolute atomic E-state index is 0.125. The van der Waals surface area contributed by atoms with Gasteiger partial charge < -0.3 is 15.2 Å². The van der Waals surface area contributed by atoms with Crippen molar-refractivity contribution in [1.29, 1.82) is 0 Å². The molecule has 1 heterocycles. The van der Waals surface area contributed by atoms with Gasteiger partial charge in [-0.25, -0.2) is 9.78 Å². The Morgan fingerprint density at radius 1 is 0.810 bits per heavy atom. The number of carboxylic acid groups (broad SMARTS) is 1. The Kier molecular flexibility index (Phi) is 10.7. The Morgan fingerprint density at radius 2 is 1.43 bits per heavy atom. The molecule has 3 N–H and O–H groups in total. The summed E-state index contributed by atoms with van der Waals surface area (Å²) < 4.78 is 38.0. The van der Waals surface area contributed by atoms with Crippen LogP contribution in [-0.4, -0.2) is 34.7 Å². The summed E-state index contributed by atoms with van der Waals surface area (Å²) in [7, 11) is 0. The zero-order valence-corrected chi connectivity index (χ0v) is 22.1. The Morgan fingerprint density at radius 3 is 1.98 bits per heavy atom. The molecule has 0 fully saturated rings. The molecule has 1 unspecified atom stereocenters. The fourth-order valence-corrected chi connectivity index (χ4v) is 4.00. The van der Waals surface area contributed by atoms with Crippen LogP contribution in [0.5, 0.6) is 0 Å². The van der Waals surface area contributed by atoms with Gasteiger partial charge in [-0.3, -0.25) is 14.9 Å². The maximum Gasteiger partial charge on any atom is 0.416 e. The summed E-state index contributed by atoms with van der Waals surface area (Å²) in [6, 6.07) is 22.5. The number of benzene rings is 3. The van der Waals surface area contributed by atoms with E-state index < -0.39 is 29.7 Å². The van der Waals surface area contributed by atoms with E-state index in [0.29, 0.717) is 11.1 Å². The van der Waals surface area contributed by atoms with E-state index in [0.717, 1.165) is 35.4 Å². The van der Waals surface area contributed by atoms with Gasteiger partial charge in [0.05, 0.1) is 11.5 Å². The summed E-state index contributed by atoms with van der Waals surface area (Å²) in [5, 5.41) is 14.5. The van der Waals surface area contributed by atoms with E-state index >= 15 is 0 Å². The van der Waals surface area contributed by atoms with Crippen LogP contribution in [0.15, 0.2) is 97.2 Å². The highest BCUT2D eigenvalue weighted by atomic mass is 19.4. The number of carbonyl (C=O) groups is 4. The molecule has 1 atom stereocenters. The zero-order chi connectivity index (χ0) is 30.7. The van der Waals surface area contributed by atoms with E-state index in [4.69, 9.17) is 4.79 Å². The average Bonchev–Trinajstić information content (AvgIpc) is 2.98. The molecule has 0 aliphatic rings. The number of alkyl halides is 3. The van der Waals surface area contributed by atoms with Gasteiger partial charge in [-0.15, -0.1) is 0 Å². The van der Waals surface area contributed by atoms with E-state index in [-0.39, 0.29) is 30.1 Å². The lowest BCUT2D eigenvalue weighted by molar-refractivity contribution is -0.141. The first-order chi connectivity index (χ1) is 20.1. The van der Waals surface area contributed by atoms with Gasteiger partial charge in [-0.05, 0) is 53.9 Å². The van der Waals surface area contributed by atoms with E-state index in [2.05, 4.69) is 15.6 Å². The fourth-order valence-electron chi connectivity index (χ4n) is 4.00. The second-order valence-corrected chi connectivity index (χ2v) is 9.02. The van der Waals surface area contributed by atoms with Crippen molar-refractivity contribution < 1.29 is 37.5 Å². The van der Waals surface area contributed by atoms with Crippen molar-refractivity contribution in [2.75, 3.05) is 10.6 Å². The van der Waals surface area contributed by atoms with Crippen LogP contribution in [0.3, 0.4) is 0 Å². The number of anilines is 2. The molecule has 3 aromatic carbocycles. The number of nitrogens with zero attached hydrogens (tertiary/aromatic N) is 1. The summed E-state index contributed by atoms with van der Waals surface area (Å²) in [6.45, 7) is 2.00. The van der Waals surface area contributed by atoms with Crippen LogP contribution in [0.1, 0.15) is 27.9 Å². The molecule has 4 aromatic rings. The standard InChI is InChI=1S/C30H24F3N3O4.CH2O/c31-30(32,33)24-11-13-25(14-12-24)35-29(40)36-27-15-10-22(18-34-27)20-6-8-21(9-7-20)26(37)17-23(28(38)39)16-19-4-2-1-3-5-19;1-2/h1-15,18,23H,16-17H2,(H,38,39)(H2,34,35,36,40);1H2. The number of hydrogen-bond donors (Lipinski definition) is 3. The van der Waals surface area contributed by atoms with Gasteiger partial charge >= 0.3 is 18.2 Å². The molecule has 8 nitrogen and oxygen atoms in total. The van der Waals surface area contributed by atoms with Gasteiger partial charge in [0.15, 0.2) is 5.78 Å². The maximum atomic E-state index is 12.8. The van der Waals surface area contributed by atoms with E-state index in [1.165, 1.54) is 6.20 Å². The number of amides is 2. The SMILES string of the molecule is C=O.O=C(Nc1ccc(C(F)(F)F)cc1)Nc1ccc(-c2ccc(C(=O)CC(Cc3ccccc3)C(=O)O)cc2)cn1. The minimum atomic E-state index is -4.46. The number of carbonyl (C=O) groups excluding carboxylic acids is 3. The van der Waals surface area contributed by atoms with Gasteiger partial charge in [0.25, 0.3) is 0 Å². The van der Waals surface area contributed by atoms with Crippen molar-refractivity contribution in [2.24, 2.45) is 5.92 Å². The third-order valence-corrected chi connectivity index (χ3v) is 6.12. The van der Waals surface area contributed by atoms with Crippen molar-refractivity contribution in [3.8, 4) is 11.1 Å². The van der Waals surface area contributed by atoms with E-state index in [1.54, 1.807) is 36.4 Å². The number of aliphatic carboxylic acids is 1. The summed E-state index contributed by atoms with van der Waals surface area (Å²) in [5.41, 5.74) is 2.07. The smallest absolute Gasteiger partial charge is 0.416 e. The number of nitrogens with one attached hydrogen (secondary N) is 2. The largest absolute Gasteiger partial charge is 0.481 e. The molecular formula is C31H26F3N3O5.